The fourth-order valence-corrected chi connectivity index (χ4v) is 2.25. The van der Waals surface area contributed by atoms with Crippen molar-refractivity contribution in [3.8, 4) is 0 Å². The van der Waals surface area contributed by atoms with Crippen molar-refractivity contribution >= 4 is 13.5 Å². The molecule has 6 heteroatoms. The van der Waals surface area contributed by atoms with E-state index in [0.717, 1.165) is 32.0 Å². The second-order valence-corrected chi connectivity index (χ2v) is 6.91. The summed E-state index contributed by atoms with van der Waals surface area (Å²) >= 11 is 0. The highest BCUT2D eigenvalue weighted by molar-refractivity contribution is 6.19. The second kappa shape index (κ2) is 6.98. The van der Waals surface area contributed by atoms with Gasteiger partial charge in [-0.1, -0.05) is 6.07 Å². The molecule has 2 fully saturated rings. The van der Waals surface area contributed by atoms with Gasteiger partial charge in [0.2, 0.25) is 0 Å². The van der Waals surface area contributed by atoms with Crippen LogP contribution in [-0.2, 0) is 9.31 Å². The molecule has 3 heterocycles. The summed E-state index contributed by atoms with van der Waals surface area (Å²) in [4.78, 5) is 9.01. The SMILES string of the molecule is CC1(C)OBOC1(C)C.CN1CCN(c2ccccn2)CC1. The molecular formula is C16H28BN3O2. The molecule has 2 saturated heterocycles. The highest BCUT2D eigenvalue weighted by Crippen LogP contribution is 2.33. The number of rotatable bonds is 1. The van der Waals surface area contributed by atoms with Crippen molar-refractivity contribution in [2.24, 2.45) is 0 Å². The molecule has 22 heavy (non-hydrogen) atoms. The molecule has 3 rings (SSSR count). The molecule has 0 aliphatic carbocycles. The van der Waals surface area contributed by atoms with Gasteiger partial charge in [-0.15, -0.1) is 0 Å². The third kappa shape index (κ3) is 4.21. The minimum absolute atomic E-state index is 0.132. The van der Waals surface area contributed by atoms with Crippen LogP contribution in [-0.4, -0.2) is 62.0 Å². The molecule has 0 amide bonds. The molecule has 2 aliphatic rings. The minimum atomic E-state index is -0.132. The lowest BCUT2D eigenvalue weighted by molar-refractivity contribution is 0.00578. The van der Waals surface area contributed by atoms with Gasteiger partial charge in [-0.2, -0.15) is 0 Å². The molecule has 0 spiro atoms. The van der Waals surface area contributed by atoms with Crippen LogP contribution in [0.4, 0.5) is 5.82 Å². The van der Waals surface area contributed by atoms with Gasteiger partial charge < -0.3 is 19.1 Å². The number of piperazine rings is 1. The summed E-state index contributed by atoms with van der Waals surface area (Å²) < 4.78 is 10.7. The molecule has 0 saturated carbocycles. The summed E-state index contributed by atoms with van der Waals surface area (Å²) in [5.41, 5.74) is -0.264. The van der Waals surface area contributed by atoms with E-state index in [4.69, 9.17) is 9.31 Å². The largest absolute Gasteiger partial charge is 0.439 e. The second-order valence-electron chi connectivity index (χ2n) is 6.91. The molecule has 0 aromatic carbocycles. The fourth-order valence-electron chi connectivity index (χ4n) is 2.25. The third-order valence-electron chi connectivity index (χ3n) is 4.77. The molecule has 122 valence electrons. The maximum Gasteiger partial charge on any atom is 0.439 e. The highest BCUT2D eigenvalue weighted by Gasteiger charge is 2.44. The summed E-state index contributed by atoms with van der Waals surface area (Å²) in [7, 11) is 2.59. The lowest BCUT2D eigenvalue weighted by atomic mass is 9.90. The van der Waals surface area contributed by atoms with Gasteiger partial charge in [0, 0.05) is 32.4 Å². The van der Waals surface area contributed by atoms with Gasteiger partial charge >= 0.3 is 7.69 Å². The first kappa shape index (κ1) is 17.3. The van der Waals surface area contributed by atoms with E-state index in [1.165, 1.54) is 0 Å². The number of anilines is 1. The molecule has 2 aliphatic heterocycles. The Hall–Kier alpha value is -1.11. The van der Waals surface area contributed by atoms with Gasteiger partial charge in [-0.25, -0.2) is 4.98 Å². The summed E-state index contributed by atoms with van der Waals surface area (Å²) in [5, 5.41) is 0. The van der Waals surface area contributed by atoms with E-state index in [9.17, 15) is 0 Å². The Labute approximate surface area is 134 Å². The van der Waals surface area contributed by atoms with E-state index >= 15 is 0 Å². The van der Waals surface area contributed by atoms with Crippen molar-refractivity contribution in [1.29, 1.82) is 0 Å². The summed E-state index contributed by atoms with van der Waals surface area (Å²) in [6, 6.07) is 6.07. The van der Waals surface area contributed by atoms with Crippen LogP contribution in [0.15, 0.2) is 24.4 Å². The van der Waals surface area contributed by atoms with Crippen molar-refractivity contribution in [3.63, 3.8) is 0 Å². The number of pyridine rings is 1. The van der Waals surface area contributed by atoms with Gasteiger partial charge in [0.25, 0.3) is 0 Å². The Balaban J connectivity index is 0.000000172. The van der Waals surface area contributed by atoms with Crippen LogP contribution in [0.3, 0.4) is 0 Å². The molecule has 0 bridgehead atoms. The first-order valence-corrected chi connectivity index (χ1v) is 7.94. The van der Waals surface area contributed by atoms with Gasteiger partial charge in [-0.05, 0) is 46.9 Å². The van der Waals surface area contributed by atoms with Gasteiger partial charge in [0.1, 0.15) is 5.82 Å². The zero-order valence-electron chi connectivity index (χ0n) is 14.5. The van der Waals surface area contributed by atoms with Crippen LogP contribution in [0.5, 0.6) is 0 Å². The Morgan fingerprint density at radius 1 is 1.00 bits per heavy atom. The van der Waals surface area contributed by atoms with E-state index in [1.54, 1.807) is 0 Å². The van der Waals surface area contributed by atoms with Crippen molar-refractivity contribution in [3.05, 3.63) is 24.4 Å². The van der Waals surface area contributed by atoms with E-state index in [0.29, 0.717) is 7.69 Å². The van der Waals surface area contributed by atoms with Crippen LogP contribution in [0.25, 0.3) is 0 Å². The Bertz CT molecular complexity index is 446. The maximum absolute atomic E-state index is 5.33. The average molecular weight is 305 g/mol. The van der Waals surface area contributed by atoms with Gasteiger partial charge in [-0.3, -0.25) is 0 Å². The number of hydrogen-bond donors (Lipinski definition) is 0. The third-order valence-corrected chi connectivity index (χ3v) is 4.77. The van der Waals surface area contributed by atoms with Crippen LogP contribution >= 0.6 is 0 Å². The van der Waals surface area contributed by atoms with Crippen molar-refractivity contribution in [1.82, 2.24) is 9.88 Å². The number of hydrogen-bond acceptors (Lipinski definition) is 5. The average Bonchev–Trinajstić information content (AvgIpc) is 2.73. The number of likely N-dealkylation sites (N-methyl/N-ethyl adjacent to an activating group) is 1. The quantitative estimate of drug-likeness (QED) is 0.738. The monoisotopic (exact) mass is 305 g/mol. The van der Waals surface area contributed by atoms with Crippen molar-refractivity contribution < 1.29 is 9.31 Å². The molecule has 0 atom stereocenters. The minimum Gasteiger partial charge on any atom is -0.406 e. The fraction of sp³-hybridized carbons (Fsp3) is 0.688. The van der Waals surface area contributed by atoms with Crippen LogP contribution in [0.2, 0.25) is 0 Å². The van der Waals surface area contributed by atoms with Crippen LogP contribution in [0.1, 0.15) is 27.7 Å². The van der Waals surface area contributed by atoms with E-state index in [2.05, 4.69) is 27.9 Å². The van der Waals surface area contributed by atoms with E-state index < -0.39 is 0 Å². The number of nitrogens with zero attached hydrogens (tertiary/aromatic N) is 3. The molecule has 0 radical (unpaired) electrons. The smallest absolute Gasteiger partial charge is 0.406 e. The zero-order chi connectivity index (χ0) is 16.2. The molecular weight excluding hydrogens is 277 g/mol. The van der Waals surface area contributed by atoms with Crippen molar-refractivity contribution in [2.75, 3.05) is 38.1 Å². The molecule has 5 nitrogen and oxygen atoms in total. The molecule has 1 aromatic rings. The molecule has 1 aromatic heterocycles. The predicted octanol–water partition coefficient (Wildman–Crippen LogP) is 1.69. The normalized spacial score (nSPS) is 23.4. The van der Waals surface area contributed by atoms with Gasteiger partial charge in [0.05, 0.1) is 11.2 Å². The lowest BCUT2D eigenvalue weighted by Crippen LogP contribution is -2.44. The van der Waals surface area contributed by atoms with E-state index in [-0.39, 0.29) is 11.2 Å². The highest BCUT2D eigenvalue weighted by atomic mass is 16.7. The first-order chi connectivity index (χ1) is 10.3. The summed E-state index contributed by atoms with van der Waals surface area (Å²) in [6.07, 6.45) is 1.85. The van der Waals surface area contributed by atoms with Crippen LogP contribution in [0, 0.1) is 0 Å². The lowest BCUT2D eigenvalue weighted by Gasteiger charge is -2.33. The maximum atomic E-state index is 5.33. The topological polar surface area (TPSA) is 37.8 Å². The van der Waals surface area contributed by atoms with Crippen molar-refractivity contribution in [2.45, 2.75) is 38.9 Å². The Morgan fingerprint density at radius 2 is 1.59 bits per heavy atom. The van der Waals surface area contributed by atoms with Gasteiger partial charge in [0.15, 0.2) is 0 Å². The Morgan fingerprint density at radius 3 is 2.00 bits per heavy atom. The van der Waals surface area contributed by atoms with E-state index in [1.807, 2.05) is 46.0 Å². The van der Waals surface area contributed by atoms with Crippen LogP contribution < -0.4 is 4.90 Å². The number of aromatic nitrogens is 1. The zero-order valence-corrected chi connectivity index (χ0v) is 14.5. The predicted molar refractivity (Wildman–Crippen MR) is 91.4 cm³/mol. The summed E-state index contributed by atoms with van der Waals surface area (Å²) in [5.74, 6) is 1.11. The summed E-state index contributed by atoms with van der Waals surface area (Å²) in [6.45, 7) is 12.6. The standard InChI is InChI=1S/C10H15N3.C6H13BO2/c1-12-6-8-13(9-7-12)10-4-2-3-5-11-10;1-5(2)6(3,4)9-7-8-5/h2-5H,6-9H2,1H3;7H,1-4H3. The molecule has 0 N–H and O–H groups in total. The Kier molecular flexibility index (Phi) is 5.48. The molecule has 0 unspecified atom stereocenters. The first-order valence-electron chi connectivity index (χ1n) is 7.94.